The van der Waals surface area contributed by atoms with Crippen molar-refractivity contribution in [2.75, 3.05) is 6.61 Å². The molecule has 0 aliphatic rings. The van der Waals surface area contributed by atoms with E-state index in [2.05, 4.69) is 4.98 Å². The van der Waals surface area contributed by atoms with Crippen LogP contribution in [0.2, 0.25) is 5.02 Å². The third-order valence-electron chi connectivity index (χ3n) is 3.99. The van der Waals surface area contributed by atoms with E-state index in [1.54, 1.807) is 24.3 Å². The molecule has 8 heteroatoms. The van der Waals surface area contributed by atoms with E-state index in [1.807, 2.05) is 13.8 Å². The second-order valence-electron chi connectivity index (χ2n) is 5.73. The fraction of sp³-hybridized carbons (Fsp3) is 0.222. The number of hydrogen-bond acceptors (Lipinski definition) is 6. The number of carbonyl (C=O) groups excluding carboxylic acids is 2. The molecule has 0 bridgehead atoms. The third-order valence-corrected chi connectivity index (χ3v) is 5.35. The summed E-state index contributed by atoms with van der Waals surface area (Å²) in [5.41, 5.74) is 0.966. The van der Waals surface area contributed by atoms with E-state index in [4.69, 9.17) is 16.3 Å². The molecule has 0 N–H and O–H groups in total. The Bertz CT molecular complexity index is 1050. The lowest BCUT2D eigenvalue weighted by molar-refractivity contribution is -0.143. The van der Waals surface area contributed by atoms with Gasteiger partial charge in [0.1, 0.15) is 11.4 Å². The largest absolute Gasteiger partial charge is 0.456 e. The van der Waals surface area contributed by atoms with Crippen LogP contribution in [0.1, 0.15) is 20.8 Å². The normalized spacial score (nSPS) is 10.9. The number of Topliss-reactive ketones (excluding diaryl/α,β-unsaturated/α-hetero) is 1. The number of nitrogens with zero attached hydrogens (tertiary/aromatic N) is 2. The third kappa shape index (κ3) is 3.68. The van der Waals surface area contributed by atoms with Crippen molar-refractivity contribution >= 4 is 44.9 Å². The highest BCUT2D eigenvalue weighted by molar-refractivity contribution is 7.18. The molecule has 3 rings (SSSR count). The molecule has 0 spiro atoms. The monoisotopic (exact) mass is 390 g/mol. The number of thiophene rings is 1. The summed E-state index contributed by atoms with van der Waals surface area (Å²) in [6, 6.07) is 6.29. The molecular weight excluding hydrogens is 376 g/mol. The van der Waals surface area contributed by atoms with Crippen LogP contribution in [0.5, 0.6) is 0 Å². The molecule has 0 aliphatic heterocycles. The Morgan fingerprint density at radius 3 is 2.62 bits per heavy atom. The first kappa shape index (κ1) is 18.3. The number of aromatic nitrogens is 2. The van der Waals surface area contributed by atoms with Gasteiger partial charge in [0.15, 0.2) is 12.4 Å². The van der Waals surface area contributed by atoms with Gasteiger partial charge < -0.3 is 4.74 Å². The van der Waals surface area contributed by atoms with E-state index in [9.17, 15) is 14.4 Å². The first-order chi connectivity index (χ1) is 12.4. The lowest BCUT2D eigenvalue weighted by atomic mass is 10.1. The SMILES string of the molecule is Cc1sc2ncn(CC(=O)OCC(=O)c3ccc(Cl)cc3)c(=O)c2c1C. The molecule has 134 valence electrons. The van der Waals surface area contributed by atoms with Gasteiger partial charge in [0.2, 0.25) is 0 Å². The molecule has 0 amide bonds. The summed E-state index contributed by atoms with van der Waals surface area (Å²) in [4.78, 5) is 42.4. The van der Waals surface area contributed by atoms with Crippen LogP contribution in [-0.4, -0.2) is 27.9 Å². The second-order valence-corrected chi connectivity index (χ2v) is 7.37. The van der Waals surface area contributed by atoms with Crippen LogP contribution < -0.4 is 5.56 Å². The zero-order chi connectivity index (χ0) is 18.8. The Hall–Kier alpha value is -2.51. The zero-order valence-electron chi connectivity index (χ0n) is 14.1. The second kappa shape index (κ2) is 7.39. The Kier molecular flexibility index (Phi) is 5.20. The van der Waals surface area contributed by atoms with Crippen molar-refractivity contribution in [2.45, 2.75) is 20.4 Å². The number of ether oxygens (including phenoxy) is 1. The van der Waals surface area contributed by atoms with Gasteiger partial charge in [-0.1, -0.05) is 11.6 Å². The Morgan fingerprint density at radius 2 is 1.92 bits per heavy atom. The van der Waals surface area contributed by atoms with Crippen LogP contribution in [-0.2, 0) is 16.1 Å². The van der Waals surface area contributed by atoms with Crippen molar-refractivity contribution in [1.29, 1.82) is 0 Å². The first-order valence-corrected chi connectivity index (χ1v) is 8.96. The predicted octanol–water partition coefficient (Wildman–Crippen LogP) is 3.15. The molecule has 0 saturated heterocycles. The van der Waals surface area contributed by atoms with Crippen molar-refractivity contribution in [3.63, 3.8) is 0 Å². The van der Waals surface area contributed by atoms with Crippen LogP contribution in [0, 0.1) is 13.8 Å². The van der Waals surface area contributed by atoms with E-state index in [1.165, 1.54) is 22.2 Å². The molecule has 6 nitrogen and oxygen atoms in total. The number of fused-ring (bicyclic) bond motifs is 1. The minimum atomic E-state index is -0.680. The average Bonchev–Trinajstić information content (AvgIpc) is 2.91. The predicted molar refractivity (Wildman–Crippen MR) is 100 cm³/mol. The Balaban J connectivity index is 1.68. The number of carbonyl (C=O) groups is 2. The van der Waals surface area contributed by atoms with Crippen molar-refractivity contribution in [1.82, 2.24) is 9.55 Å². The summed E-state index contributed by atoms with van der Waals surface area (Å²) in [7, 11) is 0. The maximum atomic E-state index is 12.5. The van der Waals surface area contributed by atoms with Gasteiger partial charge in [-0.05, 0) is 43.7 Å². The van der Waals surface area contributed by atoms with Crippen LogP contribution in [0.3, 0.4) is 0 Å². The van der Waals surface area contributed by atoms with Crippen molar-refractivity contribution in [3.8, 4) is 0 Å². The molecule has 2 heterocycles. The quantitative estimate of drug-likeness (QED) is 0.494. The molecule has 2 aromatic heterocycles. The number of rotatable bonds is 5. The van der Waals surface area contributed by atoms with E-state index in [0.717, 1.165) is 10.4 Å². The number of halogens is 1. The molecule has 0 radical (unpaired) electrons. The number of esters is 1. The average molecular weight is 391 g/mol. The number of benzene rings is 1. The maximum Gasteiger partial charge on any atom is 0.326 e. The summed E-state index contributed by atoms with van der Waals surface area (Å²) < 4.78 is 6.18. The molecular formula is C18H15ClN2O4S. The fourth-order valence-electron chi connectivity index (χ4n) is 2.43. The summed E-state index contributed by atoms with van der Waals surface area (Å²) in [5, 5.41) is 1.03. The zero-order valence-corrected chi connectivity index (χ0v) is 15.7. The minimum absolute atomic E-state index is 0.294. The van der Waals surface area contributed by atoms with E-state index >= 15 is 0 Å². The molecule has 26 heavy (non-hydrogen) atoms. The van der Waals surface area contributed by atoms with E-state index in [-0.39, 0.29) is 17.9 Å². The van der Waals surface area contributed by atoms with Gasteiger partial charge in [0, 0.05) is 15.5 Å². The van der Waals surface area contributed by atoms with E-state index < -0.39 is 12.6 Å². The molecule has 3 aromatic rings. The molecule has 1 aromatic carbocycles. The lowest BCUT2D eigenvalue weighted by Gasteiger charge is -2.07. The van der Waals surface area contributed by atoms with Gasteiger partial charge in [0.25, 0.3) is 5.56 Å². The lowest BCUT2D eigenvalue weighted by Crippen LogP contribution is -2.26. The van der Waals surface area contributed by atoms with Crippen molar-refractivity contribution < 1.29 is 14.3 Å². The highest BCUT2D eigenvalue weighted by Gasteiger charge is 2.15. The summed E-state index contributed by atoms with van der Waals surface area (Å²) >= 11 is 7.21. The van der Waals surface area contributed by atoms with Crippen LogP contribution in [0.25, 0.3) is 10.2 Å². The van der Waals surface area contributed by atoms with Crippen LogP contribution >= 0.6 is 22.9 Å². The van der Waals surface area contributed by atoms with Crippen LogP contribution in [0.15, 0.2) is 35.4 Å². The summed E-state index contributed by atoms with van der Waals surface area (Å²) in [6.45, 7) is 3.07. The molecule has 0 unspecified atom stereocenters. The van der Waals surface area contributed by atoms with Crippen molar-refractivity contribution in [2.24, 2.45) is 0 Å². The molecule has 0 aliphatic carbocycles. The molecule has 0 fully saturated rings. The van der Waals surface area contributed by atoms with Gasteiger partial charge >= 0.3 is 5.97 Å². The smallest absolute Gasteiger partial charge is 0.326 e. The Labute approximate surface area is 158 Å². The fourth-order valence-corrected chi connectivity index (χ4v) is 3.55. The highest BCUT2D eigenvalue weighted by Crippen LogP contribution is 2.25. The summed E-state index contributed by atoms with van der Waals surface area (Å²) in [6.07, 6.45) is 1.32. The first-order valence-electron chi connectivity index (χ1n) is 7.76. The molecule has 0 atom stereocenters. The summed E-state index contributed by atoms with van der Waals surface area (Å²) in [5.74, 6) is -1.03. The van der Waals surface area contributed by atoms with Gasteiger partial charge in [-0.3, -0.25) is 19.0 Å². The minimum Gasteiger partial charge on any atom is -0.456 e. The van der Waals surface area contributed by atoms with Crippen molar-refractivity contribution in [3.05, 3.63) is 62.0 Å². The highest BCUT2D eigenvalue weighted by atomic mass is 35.5. The molecule has 0 saturated carbocycles. The standard InChI is InChI=1S/C18H15ClN2O4S/c1-10-11(2)26-17-16(10)18(24)21(9-20-17)7-15(23)25-8-14(22)12-3-5-13(19)6-4-12/h3-6,9H,7-8H2,1-2H3. The van der Waals surface area contributed by atoms with Gasteiger partial charge in [-0.15, -0.1) is 11.3 Å². The van der Waals surface area contributed by atoms with Gasteiger partial charge in [0.05, 0.1) is 11.7 Å². The maximum absolute atomic E-state index is 12.5. The topological polar surface area (TPSA) is 78.3 Å². The number of ketones is 1. The van der Waals surface area contributed by atoms with Gasteiger partial charge in [-0.25, -0.2) is 4.98 Å². The van der Waals surface area contributed by atoms with Gasteiger partial charge in [-0.2, -0.15) is 0 Å². The van der Waals surface area contributed by atoms with Crippen LogP contribution in [0.4, 0.5) is 0 Å². The number of hydrogen-bond donors (Lipinski definition) is 0. The Morgan fingerprint density at radius 1 is 1.23 bits per heavy atom. The van der Waals surface area contributed by atoms with E-state index in [0.29, 0.717) is 20.8 Å². The number of aryl methyl sites for hydroxylation is 2.